The Hall–Kier alpha value is -1.55. The third-order valence-electron chi connectivity index (χ3n) is 2.34. The lowest BCUT2D eigenvalue weighted by Crippen LogP contribution is -1.91. The highest BCUT2D eigenvalue weighted by Gasteiger charge is 2.09. The maximum atomic E-state index is 10.8. The second-order valence-corrected chi connectivity index (χ2v) is 4.39. The molecule has 0 unspecified atom stereocenters. The van der Waals surface area contributed by atoms with Crippen LogP contribution in [0.3, 0.4) is 0 Å². The van der Waals surface area contributed by atoms with E-state index in [0.717, 1.165) is 22.7 Å². The van der Waals surface area contributed by atoms with Gasteiger partial charge in [0.25, 0.3) is 0 Å². The molecule has 0 fully saturated rings. The summed E-state index contributed by atoms with van der Waals surface area (Å²) in [6, 6.07) is 7.15. The van der Waals surface area contributed by atoms with Gasteiger partial charge in [-0.15, -0.1) is 0 Å². The lowest BCUT2D eigenvalue weighted by molar-refractivity contribution is 0.0665. The summed E-state index contributed by atoms with van der Waals surface area (Å²) < 4.78 is 5.18. The maximum Gasteiger partial charge on any atom is 0.371 e. The number of allylic oxidation sites excluding steroid dienone is 1. The van der Waals surface area contributed by atoms with Crippen molar-refractivity contribution in [2.45, 2.75) is 6.42 Å². The van der Waals surface area contributed by atoms with Crippen LogP contribution in [0.1, 0.15) is 22.5 Å². The van der Waals surface area contributed by atoms with Crippen LogP contribution in [0, 0.1) is 0 Å². The van der Waals surface area contributed by atoms with Crippen LogP contribution in [0.25, 0.3) is 17.0 Å². The molecule has 3 nitrogen and oxygen atoms in total. The van der Waals surface area contributed by atoms with E-state index in [1.165, 1.54) is 0 Å². The van der Waals surface area contributed by atoms with Gasteiger partial charge in [0.15, 0.2) is 0 Å². The SMILES string of the molecule is O=C(O)c1cc2cc(C=CCCBr)ccc2o1. The number of hydrogen-bond acceptors (Lipinski definition) is 2. The molecule has 0 radical (unpaired) electrons. The highest BCUT2D eigenvalue weighted by atomic mass is 79.9. The van der Waals surface area contributed by atoms with Gasteiger partial charge in [0.05, 0.1) is 0 Å². The van der Waals surface area contributed by atoms with Gasteiger partial charge in [-0.05, 0) is 30.2 Å². The number of rotatable bonds is 4. The molecule has 0 saturated carbocycles. The zero-order chi connectivity index (χ0) is 12.3. The molecule has 1 N–H and O–H groups in total. The van der Waals surface area contributed by atoms with E-state index in [4.69, 9.17) is 9.52 Å². The Morgan fingerprint density at radius 3 is 2.94 bits per heavy atom. The van der Waals surface area contributed by atoms with Gasteiger partial charge in [-0.2, -0.15) is 0 Å². The van der Waals surface area contributed by atoms with Gasteiger partial charge in [0.2, 0.25) is 5.76 Å². The highest BCUT2D eigenvalue weighted by molar-refractivity contribution is 9.09. The van der Waals surface area contributed by atoms with Crippen LogP contribution < -0.4 is 0 Å². The second kappa shape index (κ2) is 5.19. The third kappa shape index (κ3) is 2.77. The maximum absolute atomic E-state index is 10.8. The van der Waals surface area contributed by atoms with Crippen LogP contribution >= 0.6 is 15.9 Å². The quantitative estimate of drug-likeness (QED) is 0.869. The zero-order valence-corrected chi connectivity index (χ0v) is 10.6. The Kier molecular flexibility index (Phi) is 3.64. The molecule has 0 aliphatic carbocycles. The molecule has 0 spiro atoms. The smallest absolute Gasteiger partial charge is 0.371 e. The molecule has 0 atom stereocenters. The van der Waals surface area contributed by atoms with Crippen molar-refractivity contribution < 1.29 is 14.3 Å². The lowest BCUT2D eigenvalue weighted by atomic mass is 10.1. The topological polar surface area (TPSA) is 50.4 Å². The van der Waals surface area contributed by atoms with Gasteiger partial charge in [-0.1, -0.05) is 34.1 Å². The van der Waals surface area contributed by atoms with E-state index in [1.54, 1.807) is 12.1 Å². The van der Waals surface area contributed by atoms with Crippen molar-refractivity contribution in [1.82, 2.24) is 0 Å². The number of halogens is 1. The van der Waals surface area contributed by atoms with Crippen molar-refractivity contribution in [3.8, 4) is 0 Å². The van der Waals surface area contributed by atoms with Crippen molar-refractivity contribution in [3.05, 3.63) is 41.7 Å². The van der Waals surface area contributed by atoms with Crippen LogP contribution in [0.4, 0.5) is 0 Å². The molecule has 1 aromatic carbocycles. The first-order chi connectivity index (χ1) is 8.20. The fraction of sp³-hybridized carbons (Fsp3) is 0.154. The predicted molar refractivity (Wildman–Crippen MR) is 70.6 cm³/mol. The second-order valence-electron chi connectivity index (χ2n) is 3.59. The van der Waals surface area contributed by atoms with Crippen LogP contribution in [-0.4, -0.2) is 16.4 Å². The third-order valence-corrected chi connectivity index (χ3v) is 2.80. The van der Waals surface area contributed by atoms with E-state index in [0.29, 0.717) is 5.58 Å². The summed E-state index contributed by atoms with van der Waals surface area (Å²) in [6.07, 6.45) is 5.03. The molecule has 0 saturated heterocycles. The molecular weight excluding hydrogens is 284 g/mol. The number of benzene rings is 1. The van der Waals surface area contributed by atoms with E-state index in [2.05, 4.69) is 22.0 Å². The van der Waals surface area contributed by atoms with Gasteiger partial charge in [0, 0.05) is 10.7 Å². The number of fused-ring (bicyclic) bond motifs is 1. The van der Waals surface area contributed by atoms with E-state index in [9.17, 15) is 4.79 Å². The minimum Gasteiger partial charge on any atom is -0.475 e. The molecule has 17 heavy (non-hydrogen) atoms. The van der Waals surface area contributed by atoms with Crippen LogP contribution in [-0.2, 0) is 0 Å². The fourth-order valence-electron chi connectivity index (χ4n) is 1.55. The highest BCUT2D eigenvalue weighted by Crippen LogP contribution is 2.21. The summed E-state index contributed by atoms with van der Waals surface area (Å²) in [7, 11) is 0. The minimum atomic E-state index is -1.04. The van der Waals surface area contributed by atoms with Gasteiger partial charge < -0.3 is 9.52 Å². The molecule has 4 heteroatoms. The normalized spacial score (nSPS) is 11.4. The Labute approximate surface area is 107 Å². The average Bonchev–Trinajstić information content (AvgIpc) is 2.72. The van der Waals surface area contributed by atoms with Crippen molar-refractivity contribution in [3.63, 3.8) is 0 Å². The van der Waals surface area contributed by atoms with Crippen molar-refractivity contribution in [1.29, 1.82) is 0 Å². The number of carbonyl (C=O) groups is 1. The van der Waals surface area contributed by atoms with E-state index < -0.39 is 5.97 Å². The Bertz CT molecular complexity index is 569. The molecule has 0 aliphatic heterocycles. The number of alkyl halides is 1. The van der Waals surface area contributed by atoms with Crippen LogP contribution in [0.5, 0.6) is 0 Å². The number of carboxylic acids is 1. The minimum absolute atomic E-state index is 0.0263. The molecule has 1 heterocycles. The lowest BCUT2D eigenvalue weighted by Gasteiger charge is -1.92. The summed E-state index contributed by atoms with van der Waals surface area (Å²) in [4.78, 5) is 10.8. The molecule has 0 amide bonds. The molecule has 1 aromatic heterocycles. The van der Waals surface area contributed by atoms with Crippen molar-refractivity contribution in [2.75, 3.05) is 5.33 Å². The average molecular weight is 295 g/mol. The number of hydrogen-bond donors (Lipinski definition) is 1. The largest absolute Gasteiger partial charge is 0.475 e. The van der Waals surface area contributed by atoms with Gasteiger partial charge >= 0.3 is 5.97 Å². The van der Waals surface area contributed by atoms with E-state index in [-0.39, 0.29) is 5.76 Å². The van der Waals surface area contributed by atoms with Gasteiger partial charge in [-0.25, -0.2) is 4.79 Å². The Balaban J connectivity index is 2.33. The summed E-state index contributed by atoms with van der Waals surface area (Å²) in [5.74, 6) is -1.07. The van der Waals surface area contributed by atoms with Crippen molar-refractivity contribution in [2.24, 2.45) is 0 Å². The standard InChI is InChI=1S/C13H11BrO3/c14-6-2-1-3-9-4-5-11-10(7-9)8-12(17-11)13(15)16/h1,3-5,7-8H,2,6H2,(H,15,16). The zero-order valence-electron chi connectivity index (χ0n) is 9.02. The molecule has 0 aliphatic rings. The molecule has 0 bridgehead atoms. The Morgan fingerprint density at radius 1 is 1.41 bits per heavy atom. The number of carboxylic acid groups (broad SMARTS) is 1. The first-order valence-electron chi connectivity index (χ1n) is 5.20. The molecule has 2 aromatic rings. The summed E-state index contributed by atoms with van der Waals surface area (Å²) in [6.45, 7) is 0. The van der Waals surface area contributed by atoms with Crippen LogP contribution in [0.15, 0.2) is 34.8 Å². The number of aromatic carboxylic acids is 1. The summed E-state index contributed by atoms with van der Waals surface area (Å²) >= 11 is 3.35. The fourth-order valence-corrected chi connectivity index (χ4v) is 1.82. The van der Waals surface area contributed by atoms with Gasteiger partial charge in [-0.3, -0.25) is 0 Å². The molecular formula is C13H11BrO3. The van der Waals surface area contributed by atoms with Crippen molar-refractivity contribution >= 4 is 38.9 Å². The monoisotopic (exact) mass is 294 g/mol. The summed E-state index contributed by atoms with van der Waals surface area (Å²) in [5, 5.41) is 10.6. The predicted octanol–water partition coefficient (Wildman–Crippen LogP) is 3.93. The summed E-state index contributed by atoms with van der Waals surface area (Å²) in [5.41, 5.74) is 1.64. The first-order valence-corrected chi connectivity index (χ1v) is 6.32. The van der Waals surface area contributed by atoms with E-state index in [1.807, 2.05) is 18.2 Å². The molecule has 88 valence electrons. The first kappa shape index (κ1) is 11.9. The molecule has 2 rings (SSSR count). The van der Waals surface area contributed by atoms with Gasteiger partial charge in [0.1, 0.15) is 5.58 Å². The van der Waals surface area contributed by atoms with E-state index >= 15 is 0 Å². The van der Waals surface area contributed by atoms with Crippen LogP contribution in [0.2, 0.25) is 0 Å². The Morgan fingerprint density at radius 2 is 2.24 bits per heavy atom. The number of furan rings is 1.